The number of nitrogens with zero attached hydrogens (tertiary/aromatic N) is 2. The summed E-state index contributed by atoms with van der Waals surface area (Å²) in [5.74, 6) is 0. The summed E-state index contributed by atoms with van der Waals surface area (Å²) in [5.41, 5.74) is 1.84. The molecule has 6 heteroatoms. The summed E-state index contributed by atoms with van der Waals surface area (Å²) in [4.78, 5) is 10.2. The average Bonchev–Trinajstić information content (AvgIpc) is 2.85. The maximum atomic E-state index is 10.6. The highest BCUT2D eigenvalue weighted by Gasteiger charge is 2.09. The first kappa shape index (κ1) is 14.4. The number of non-ortho nitro benzene ring substituents is 1. The van der Waals surface area contributed by atoms with Gasteiger partial charge in [-0.3, -0.25) is 10.1 Å². The summed E-state index contributed by atoms with van der Waals surface area (Å²) in [6.45, 7) is 3.76. The first-order valence-corrected chi connectivity index (χ1v) is 6.80. The predicted octanol–water partition coefficient (Wildman–Crippen LogP) is 4.07. The number of aryl methyl sites for hydroxylation is 1. The van der Waals surface area contributed by atoms with E-state index in [1.165, 1.54) is 12.1 Å². The molecule has 1 heterocycles. The van der Waals surface area contributed by atoms with Gasteiger partial charge in [-0.25, -0.2) is 0 Å². The zero-order chi connectivity index (χ0) is 14.5. The van der Waals surface area contributed by atoms with E-state index in [0.717, 1.165) is 18.5 Å². The van der Waals surface area contributed by atoms with Gasteiger partial charge in [-0.2, -0.15) is 0 Å². The number of benzene rings is 1. The van der Waals surface area contributed by atoms with E-state index in [4.69, 9.17) is 11.6 Å². The maximum Gasteiger partial charge on any atom is 0.271 e. The van der Waals surface area contributed by atoms with Crippen LogP contribution in [0.25, 0.3) is 0 Å². The lowest BCUT2D eigenvalue weighted by Gasteiger charge is -2.07. The fourth-order valence-electron chi connectivity index (χ4n) is 1.95. The zero-order valence-electron chi connectivity index (χ0n) is 11.2. The van der Waals surface area contributed by atoms with Gasteiger partial charge in [-0.1, -0.05) is 18.5 Å². The lowest BCUT2D eigenvalue weighted by molar-refractivity contribution is -0.384. The van der Waals surface area contributed by atoms with Crippen molar-refractivity contribution in [3.63, 3.8) is 0 Å². The Hall–Kier alpha value is -2.01. The molecule has 2 rings (SSSR count). The summed E-state index contributed by atoms with van der Waals surface area (Å²) in [5, 5.41) is 14.2. The second kappa shape index (κ2) is 6.43. The molecule has 0 unspecified atom stereocenters. The molecule has 0 fully saturated rings. The SMILES string of the molecule is CCCn1ccc(CNc2ccc([N+](=O)[O-])cc2Cl)c1. The molecule has 1 aromatic heterocycles. The molecule has 0 aliphatic rings. The Labute approximate surface area is 122 Å². The third-order valence-electron chi connectivity index (χ3n) is 2.94. The third-order valence-corrected chi connectivity index (χ3v) is 3.25. The van der Waals surface area contributed by atoms with Crippen LogP contribution in [0, 0.1) is 10.1 Å². The summed E-state index contributed by atoms with van der Waals surface area (Å²) in [6.07, 6.45) is 5.21. The Kier molecular flexibility index (Phi) is 4.63. The van der Waals surface area contributed by atoms with Crippen LogP contribution in [0.1, 0.15) is 18.9 Å². The number of anilines is 1. The Balaban J connectivity index is 2.01. The molecular formula is C14H16ClN3O2. The van der Waals surface area contributed by atoms with Crippen LogP contribution >= 0.6 is 11.6 Å². The monoisotopic (exact) mass is 293 g/mol. The smallest absolute Gasteiger partial charge is 0.271 e. The van der Waals surface area contributed by atoms with Gasteiger partial charge in [0.25, 0.3) is 5.69 Å². The van der Waals surface area contributed by atoms with Crippen LogP contribution in [0.3, 0.4) is 0 Å². The van der Waals surface area contributed by atoms with Gasteiger partial charge in [0, 0.05) is 37.6 Å². The van der Waals surface area contributed by atoms with Gasteiger partial charge in [0.1, 0.15) is 0 Å². The van der Waals surface area contributed by atoms with Crippen LogP contribution in [0.5, 0.6) is 0 Å². The van der Waals surface area contributed by atoms with Gasteiger partial charge < -0.3 is 9.88 Å². The average molecular weight is 294 g/mol. The predicted molar refractivity (Wildman–Crippen MR) is 80.2 cm³/mol. The summed E-state index contributed by atoms with van der Waals surface area (Å²) < 4.78 is 2.13. The van der Waals surface area contributed by atoms with Gasteiger partial charge in [-0.05, 0) is 24.1 Å². The van der Waals surface area contributed by atoms with E-state index in [1.54, 1.807) is 6.07 Å². The minimum absolute atomic E-state index is 0.00495. The number of aromatic nitrogens is 1. The van der Waals surface area contributed by atoms with Crippen molar-refractivity contribution in [2.45, 2.75) is 26.4 Å². The molecule has 0 bridgehead atoms. The highest BCUT2D eigenvalue weighted by atomic mass is 35.5. The Morgan fingerprint density at radius 2 is 2.20 bits per heavy atom. The fourth-order valence-corrected chi connectivity index (χ4v) is 2.19. The molecule has 1 N–H and O–H groups in total. The van der Waals surface area contributed by atoms with Crippen LogP contribution in [0.4, 0.5) is 11.4 Å². The molecular weight excluding hydrogens is 278 g/mol. The number of nitrogens with one attached hydrogen (secondary N) is 1. The quantitative estimate of drug-likeness (QED) is 0.645. The number of nitro benzene ring substituents is 1. The summed E-state index contributed by atoms with van der Waals surface area (Å²) >= 11 is 6.02. The Morgan fingerprint density at radius 1 is 1.40 bits per heavy atom. The van der Waals surface area contributed by atoms with E-state index < -0.39 is 4.92 Å². The number of hydrogen-bond acceptors (Lipinski definition) is 3. The van der Waals surface area contributed by atoms with Crippen LogP contribution in [0.15, 0.2) is 36.7 Å². The van der Waals surface area contributed by atoms with Crippen LogP contribution < -0.4 is 5.32 Å². The number of nitro groups is 1. The van der Waals surface area contributed by atoms with Crippen molar-refractivity contribution in [3.8, 4) is 0 Å². The normalized spacial score (nSPS) is 10.5. The molecule has 5 nitrogen and oxygen atoms in total. The molecule has 0 spiro atoms. The van der Waals surface area contributed by atoms with Crippen molar-refractivity contribution < 1.29 is 4.92 Å². The number of rotatable bonds is 6. The first-order chi connectivity index (χ1) is 9.60. The molecule has 0 aliphatic heterocycles. The largest absolute Gasteiger partial charge is 0.380 e. The topological polar surface area (TPSA) is 60.1 Å². The minimum atomic E-state index is -0.458. The van der Waals surface area contributed by atoms with Crippen molar-refractivity contribution >= 4 is 23.0 Å². The van der Waals surface area contributed by atoms with Gasteiger partial charge in [0.15, 0.2) is 0 Å². The van der Waals surface area contributed by atoms with Crippen LogP contribution in [0.2, 0.25) is 5.02 Å². The van der Waals surface area contributed by atoms with Gasteiger partial charge >= 0.3 is 0 Å². The molecule has 0 amide bonds. The van der Waals surface area contributed by atoms with Gasteiger partial charge in [0.05, 0.1) is 15.6 Å². The van der Waals surface area contributed by atoms with E-state index >= 15 is 0 Å². The second-order valence-electron chi connectivity index (χ2n) is 4.53. The molecule has 106 valence electrons. The standard InChI is InChI=1S/C14H16ClN3O2/c1-2-6-17-7-5-11(10-17)9-16-14-4-3-12(18(19)20)8-13(14)15/h3-5,7-8,10,16H,2,6,9H2,1H3. The van der Waals surface area contributed by atoms with Crippen LogP contribution in [-0.2, 0) is 13.1 Å². The van der Waals surface area contributed by atoms with Crippen molar-refractivity contribution in [1.29, 1.82) is 0 Å². The highest BCUT2D eigenvalue weighted by molar-refractivity contribution is 6.33. The third kappa shape index (κ3) is 3.51. The van der Waals surface area contributed by atoms with Crippen molar-refractivity contribution in [2.75, 3.05) is 5.32 Å². The van der Waals surface area contributed by atoms with Gasteiger partial charge in [-0.15, -0.1) is 0 Å². The van der Waals surface area contributed by atoms with Crippen LogP contribution in [-0.4, -0.2) is 9.49 Å². The number of halogens is 1. The summed E-state index contributed by atoms with van der Waals surface area (Å²) in [6, 6.07) is 6.47. The molecule has 2 aromatic rings. The van der Waals surface area contributed by atoms with E-state index in [9.17, 15) is 10.1 Å². The number of hydrogen-bond donors (Lipinski definition) is 1. The first-order valence-electron chi connectivity index (χ1n) is 6.42. The molecule has 0 saturated carbocycles. The molecule has 1 aromatic carbocycles. The van der Waals surface area contributed by atoms with Crippen molar-refractivity contribution in [3.05, 3.63) is 57.4 Å². The molecule has 0 atom stereocenters. The van der Waals surface area contributed by atoms with Crippen molar-refractivity contribution in [1.82, 2.24) is 4.57 Å². The lowest BCUT2D eigenvalue weighted by Crippen LogP contribution is -2.00. The zero-order valence-corrected chi connectivity index (χ0v) is 11.9. The second-order valence-corrected chi connectivity index (χ2v) is 4.94. The Morgan fingerprint density at radius 3 is 2.85 bits per heavy atom. The highest BCUT2D eigenvalue weighted by Crippen LogP contribution is 2.27. The van der Waals surface area contributed by atoms with Gasteiger partial charge in [0.2, 0.25) is 0 Å². The van der Waals surface area contributed by atoms with E-state index in [-0.39, 0.29) is 5.69 Å². The van der Waals surface area contributed by atoms with E-state index in [0.29, 0.717) is 17.3 Å². The lowest BCUT2D eigenvalue weighted by atomic mass is 10.2. The summed E-state index contributed by atoms with van der Waals surface area (Å²) in [7, 11) is 0. The molecule has 0 radical (unpaired) electrons. The van der Waals surface area contributed by atoms with E-state index in [1.807, 2.05) is 12.3 Å². The molecule has 0 aliphatic carbocycles. The molecule has 0 saturated heterocycles. The minimum Gasteiger partial charge on any atom is -0.380 e. The fraction of sp³-hybridized carbons (Fsp3) is 0.286. The Bertz CT molecular complexity index is 610. The van der Waals surface area contributed by atoms with E-state index in [2.05, 4.69) is 23.0 Å². The van der Waals surface area contributed by atoms with Crippen molar-refractivity contribution in [2.24, 2.45) is 0 Å². The maximum absolute atomic E-state index is 10.6. The molecule has 20 heavy (non-hydrogen) atoms.